The Morgan fingerprint density at radius 2 is 2.35 bits per heavy atom. The minimum Gasteiger partial charge on any atom is -0.488 e. The number of halogens is 1. The van der Waals surface area contributed by atoms with Crippen LogP contribution in [0.4, 0.5) is 0 Å². The van der Waals surface area contributed by atoms with Gasteiger partial charge in [0.15, 0.2) is 0 Å². The zero-order valence-corrected chi connectivity index (χ0v) is 11.1. The summed E-state index contributed by atoms with van der Waals surface area (Å²) in [6, 6.07) is 5.20. The highest BCUT2D eigenvalue weighted by Gasteiger charge is 2.17. The molecule has 0 aromatic heterocycles. The largest absolute Gasteiger partial charge is 0.488 e. The van der Waals surface area contributed by atoms with Crippen molar-refractivity contribution < 1.29 is 14.3 Å². The third kappa shape index (κ3) is 2.98. The quantitative estimate of drug-likeness (QED) is 0.867. The first-order valence-corrected chi connectivity index (χ1v) is 6.25. The topological polar surface area (TPSA) is 47.6 Å². The first-order chi connectivity index (χ1) is 8.20. The van der Waals surface area contributed by atoms with Crippen molar-refractivity contribution in [1.82, 2.24) is 5.32 Å². The van der Waals surface area contributed by atoms with E-state index in [2.05, 4.69) is 26.0 Å². The van der Waals surface area contributed by atoms with Crippen molar-refractivity contribution in [3.8, 4) is 5.75 Å². The average molecular weight is 300 g/mol. The highest BCUT2D eigenvalue weighted by atomic mass is 79.9. The lowest BCUT2D eigenvalue weighted by Crippen LogP contribution is -2.19. The molecule has 1 unspecified atom stereocenters. The molecule has 1 aromatic rings. The van der Waals surface area contributed by atoms with E-state index in [0.717, 1.165) is 29.7 Å². The molecule has 0 saturated carbocycles. The molecule has 1 heterocycles. The molecule has 1 aliphatic rings. The molecule has 92 valence electrons. The van der Waals surface area contributed by atoms with Crippen LogP contribution in [0.1, 0.15) is 16.8 Å². The lowest BCUT2D eigenvalue weighted by atomic mass is 10.2. The zero-order chi connectivity index (χ0) is 12.3. The summed E-state index contributed by atoms with van der Waals surface area (Å²) in [6.45, 7) is 1.85. The maximum atomic E-state index is 11.3. The molecule has 17 heavy (non-hydrogen) atoms. The third-order valence-electron chi connectivity index (χ3n) is 2.66. The molecular formula is C12H14BrNO3. The normalized spacial score (nSPS) is 19.1. The van der Waals surface area contributed by atoms with Crippen LogP contribution in [0.15, 0.2) is 22.7 Å². The van der Waals surface area contributed by atoms with E-state index >= 15 is 0 Å². The van der Waals surface area contributed by atoms with E-state index in [1.165, 1.54) is 7.11 Å². The van der Waals surface area contributed by atoms with E-state index in [-0.39, 0.29) is 12.1 Å². The van der Waals surface area contributed by atoms with Crippen LogP contribution < -0.4 is 10.1 Å². The molecule has 4 nitrogen and oxygen atoms in total. The molecule has 2 rings (SSSR count). The Balaban J connectivity index is 2.10. The molecule has 0 bridgehead atoms. The van der Waals surface area contributed by atoms with Gasteiger partial charge in [0.25, 0.3) is 0 Å². The number of esters is 1. The van der Waals surface area contributed by atoms with Crippen molar-refractivity contribution in [3.63, 3.8) is 0 Å². The fraction of sp³-hybridized carbons (Fsp3) is 0.417. The van der Waals surface area contributed by atoms with Crippen molar-refractivity contribution in [3.05, 3.63) is 28.2 Å². The number of carbonyl (C=O) groups excluding carboxylic acids is 1. The maximum absolute atomic E-state index is 11.3. The SMILES string of the molecule is COC(=O)c1ccc(OC2CCNC2)c(Br)c1. The van der Waals surface area contributed by atoms with Crippen LogP contribution in [0.25, 0.3) is 0 Å². The predicted molar refractivity (Wildman–Crippen MR) is 67.4 cm³/mol. The number of rotatable bonds is 3. The molecule has 0 amide bonds. The van der Waals surface area contributed by atoms with Gasteiger partial charge in [-0.05, 0) is 47.1 Å². The van der Waals surface area contributed by atoms with E-state index in [0.29, 0.717) is 5.56 Å². The molecule has 0 radical (unpaired) electrons. The second-order valence-electron chi connectivity index (χ2n) is 3.87. The Morgan fingerprint density at radius 3 is 2.94 bits per heavy atom. The summed E-state index contributed by atoms with van der Waals surface area (Å²) in [7, 11) is 1.37. The van der Waals surface area contributed by atoms with Crippen LogP contribution in [0, 0.1) is 0 Å². The molecule has 1 aliphatic heterocycles. The minimum absolute atomic E-state index is 0.204. The lowest BCUT2D eigenvalue weighted by Gasteiger charge is -2.14. The van der Waals surface area contributed by atoms with Crippen molar-refractivity contribution >= 4 is 21.9 Å². The van der Waals surface area contributed by atoms with Crippen LogP contribution in [-0.4, -0.2) is 32.3 Å². The highest BCUT2D eigenvalue weighted by Crippen LogP contribution is 2.28. The van der Waals surface area contributed by atoms with E-state index in [4.69, 9.17) is 4.74 Å². The molecule has 1 fully saturated rings. The van der Waals surface area contributed by atoms with Crippen molar-refractivity contribution in [2.75, 3.05) is 20.2 Å². The van der Waals surface area contributed by atoms with Gasteiger partial charge in [0.2, 0.25) is 0 Å². The monoisotopic (exact) mass is 299 g/mol. The van der Waals surface area contributed by atoms with E-state index in [1.54, 1.807) is 18.2 Å². The van der Waals surface area contributed by atoms with Crippen LogP contribution in [-0.2, 0) is 4.74 Å². The van der Waals surface area contributed by atoms with Gasteiger partial charge in [-0.25, -0.2) is 4.79 Å². The Hall–Kier alpha value is -1.07. The first-order valence-electron chi connectivity index (χ1n) is 5.46. The van der Waals surface area contributed by atoms with Gasteiger partial charge >= 0.3 is 5.97 Å². The van der Waals surface area contributed by atoms with Gasteiger partial charge in [0.1, 0.15) is 11.9 Å². The molecule has 0 spiro atoms. The molecule has 5 heteroatoms. The summed E-state index contributed by atoms with van der Waals surface area (Å²) in [6.07, 6.45) is 1.21. The minimum atomic E-state index is -0.347. The summed E-state index contributed by atoms with van der Waals surface area (Å²) in [4.78, 5) is 11.3. The molecular weight excluding hydrogens is 286 g/mol. The standard InChI is InChI=1S/C12H14BrNO3/c1-16-12(15)8-2-3-11(10(13)6-8)17-9-4-5-14-7-9/h2-3,6,9,14H,4-5,7H2,1H3. The number of hydrogen-bond donors (Lipinski definition) is 1. The Labute approximate surface area is 108 Å². The number of methoxy groups -OCH3 is 1. The second kappa shape index (κ2) is 5.51. The maximum Gasteiger partial charge on any atom is 0.337 e. The van der Waals surface area contributed by atoms with Gasteiger partial charge in [-0.1, -0.05) is 0 Å². The van der Waals surface area contributed by atoms with Gasteiger partial charge in [-0.15, -0.1) is 0 Å². The number of benzene rings is 1. The number of ether oxygens (including phenoxy) is 2. The molecule has 1 N–H and O–H groups in total. The van der Waals surface area contributed by atoms with Crippen LogP contribution >= 0.6 is 15.9 Å². The summed E-state index contributed by atoms with van der Waals surface area (Å²) in [5, 5.41) is 3.24. The van der Waals surface area contributed by atoms with Gasteiger partial charge in [0, 0.05) is 6.54 Å². The zero-order valence-electron chi connectivity index (χ0n) is 9.53. The summed E-state index contributed by atoms with van der Waals surface area (Å²) in [5.41, 5.74) is 0.510. The second-order valence-corrected chi connectivity index (χ2v) is 4.72. The molecule has 1 saturated heterocycles. The molecule has 0 aliphatic carbocycles. The van der Waals surface area contributed by atoms with Gasteiger partial charge in [-0.3, -0.25) is 0 Å². The first kappa shape index (κ1) is 12.4. The van der Waals surface area contributed by atoms with E-state index in [1.807, 2.05) is 0 Å². The van der Waals surface area contributed by atoms with Crippen LogP contribution in [0.2, 0.25) is 0 Å². The highest BCUT2D eigenvalue weighted by molar-refractivity contribution is 9.10. The van der Waals surface area contributed by atoms with Gasteiger partial charge in [-0.2, -0.15) is 0 Å². The van der Waals surface area contributed by atoms with Crippen molar-refractivity contribution in [2.45, 2.75) is 12.5 Å². The lowest BCUT2D eigenvalue weighted by molar-refractivity contribution is 0.0600. The summed E-state index contributed by atoms with van der Waals surface area (Å²) >= 11 is 3.40. The van der Waals surface area contributed by atoms with Gasteiger partial charge < -0.3 is 14.8 Å². The number of carbonyl (C=O) groups is 1. The average Bonchev–Trinajstić information content (AvgIpc) is 2.83. The van der Waals surface area contributed by atoms with Crippen LogP contribution in [0.3, 0.4) is 0 Å². The number of nitrogens with one attached hydrogen (secondary N) is 1. The summed E-state index contributed by atoms with van der Waals surface area (Å²) < 4.78 is 11.2. The van der Waals surface area contributed by atoms with E-state index in [9.17, 15) is 4.79 Å². The molecule has 1 aromatic carbocycles. The summed E-state index contributed by atoms with van der Waals surface area (Å²) in [5.74, 6) is 0.408. The number of hydrogen-bond acceptors (Lipinski definition) is 4. The van der Waals surface area contributed by atoms with E-state index < -0.39 is 0 Å². The Bertz CT molecular complexity index is 416. The Morgan fingerprint density at radius 1 is 1.53 bits per heavy atom. The third-order valence-corrected chi connectivity index (χ3v) is 3.28. The molecule has 1 atom stereocenters. The fourth-order valence-electron chi connectivity index (χ4n) is 1.75. The van der Waals surface area contributed by atoms with Gasteiger partial charge in [0.05, 0.1) is 17.1 Å². The smallest absolute Gasteiger partial charge is 0.337 e. The predicted octanol–water partition coefficient (Wildman–Crippen LogP) is 1.98. The Kier molecular flexibility index (Phi) is 4.02. The van der Waals surface area contributed by atoms with Crippen molar-refractivity contribution in [2.24, 2.45) is 0 Å². The van der Waals surface area contributed by atoms with Crippen LogP contribution in [0.5, 0.6) is 5.75 Å². The fourth-order valence-corrected chi connectivity index (χ4v) is 2.22. The van der Waals surface area contributed by atoms with Crippen molar-refractivity contribution in [1.29, 1.82) is 0 Å².